The Morgan fingerprint density at radius 1 is 1.04 bits per heavy atom. The first kappa shape index (κ1) is 21.9. The van der Waals surface area contributed by atoms with Gasteiger partial charge < -0.3 is 19.1 Å². The zero-order valence-corrected chi connectivity index (χ0v) is 16.7. The molecule has 0 N–H and O–H groups in total. The SMILES string of the molecule is COc1cccc(S(=O)(=O)CCN(C)Cc2ccc(OC)c(OC(F)F)c2)c1. The second-order valence-corrected chi connectivity index (χ2v) is 8.21. The monoisotopic (exact) mass is 415 g/mol. The van der Waals surface area contributed by atoms with Crippen LogP contribution < -0.4 is 14.2 Å². The standard InChI is InChI=1S/C19H23F2NO5S/c1-22(9-10-28(23,24)16-6-4-5-15(12-16)25-2)13-14-7-8-17(26-3)18(11-14)27-19(20)21/h4-8,11-12,19H,9-10,13H2,1-3H3. The number of benzene rings is 2. The van der Waals surface area contributed by atoms with E-state index in [1.807, 2.05) is 0 Å². The molecule has 0 unspecified atom stereocenters. The lowest BCUT2D eigenvalue weighted by atomic mass is 10.2. The topological polar surface area (TPSA) is 65.1 Å². The summed E-state index contributed by atoms with van der Waals surface area (Å²) in [4.78, 5) is 1.98. The maximum absolute atomic E-state index is 12.5. The van der Waals surface area contributed by atoms with Crippen LogP contribution in [0.15, 0.2) is 47.4 Å². The normalized spacial score (nSPS) is 11.7. The van der Waals surface area contributed by atoms with Gasteiger partial charge in [-0.1, -0.05) is 12.1 Å². The third kappa shape index (κ3) is 6.07. The van der Waals surface area contributed by atoms with Crippen molar-refractivity contribution in [2.75, 3.05) is 33.6 Å². The van der Waals surface area contributed by atoms with Crippen molar-refractivity contribution >= 4 is 9.84 Å². The molecule has 154 valence electrons. The molecule has 0 saturated carbocycles. The van der Waals surface area contributed by atoms with E-state index in [1.165, 1.54) is 38.5 Å². The van der Waals surface area contributed by atoms with Crippen molar-refractivity contribution in [3.05, 3.63) is 48.0 Å². The Balaban J connectivity index is 2.02. The van der Waals surface area contributed by atoms with Crippen LogP contribution in [0.4, 0.5) is 8.78 Å². The van der Waals surface area contributed by atoms with Gasteiger partial charge in [0.25, 0.3) is 0 Å². The van der Waals surface area contributed by atoms with Gasteiger partial charge in [-0.15, -0.1) is 0 Å². The minimum absolute atomic E-state index is 0.0626. The van der Waals surface area contributed by atoms with Crippen LogP contribution in [-0.4, -0.2) is 53.5 Å². The second-order valence-electron chi connectivity index (χ2n) is 6.10. The van der Waals surface area contributed by atoms with E-state index in [4.69, 9.17) is 9.47 Å². The Morgan fingerprint density at radius 2 is 1.79 bits per heavy atom. The third-order valence-corrected chi connectivity index (χ3v) is 5.73. The zero-order valence-electron chi connectivity index (χ0n) is 15.9. The van der Waals surface area contributed by atoms with E-state index in [9.17, 15) is 17.2 Å². The summed E-state index contributed by atoms with van der Waals surface area (Å²) in [6.45, 7) is -2.34. The number of nitrogens with zero attached hydrogens (tertiary/aromatic N) is 1. The number of rotatable bonds is 10. The molecule has 0 aliphatic heterocycles. The van der Waals surface area contributed by atoms with Crippen LogP contribution in [0, 0.1) is 0 Å². The Bertz CT molecular complexity index is 890. The molecule has 0 fully saturated rings. The molecule has 0 aliphatic carbocycles. The molecule has 9 heteroatoms. The Morgan fingerprint density at radius 3 is 2.43 bits per heavy atom. The van der Waals surface area contributed by atoms with Gasteiger partial charge in [0.15, 0.2) is 21.3 Å². The number of hydrogen-bond donors (Lipinski definition) is 0. The van der Waals surface area contributed by atoms with Crippen molar-refractivity contribution in [2.24, 2.45) is 0 Å². The van der Waals surface area contributed by atoms with E-state index in [-0.39, 0.29) is 28.7 Å². The van der Waals surface area contributed by atoms with Crippen molar-refractivity contribution in [3.8, 4) is 17.2 Å². The number of ether oxygens (including phenoxy) is 3. The van der Waals surface area contributed by atoms with Crippen LogP contribution in [0.2, 0.25) is 0 Å². The first-order valence-corrected chi connectivity index (χ1v) is 10.1. The smallest absolute Gasteiger partial charge is 0.387 e. The average Bonchev–Trinajstić information content (AvgIpc) is 2.66. The first-order chi connectivity index (χ1) is 13.2. The lowest BCUT2D eigenvalue weighted by molar-refractivity contribution is -0.0512. The van der Waals surface area contributed by atoms with Crippen molar-refractivity contribution < 1.29 is 31.4 Å². The third-order valence-electron chi connectivity index (χ3n) is 4.04. The molecule has 6 nitrogen and oxygen atoms in total. The van der Waals surface area contributed by atoms with Gasteiger partial charge >= 0.3 is 6.61 Å². The first-order valence-electron chi connectivity index (χ1n) is 8.42. The maximum atomic E-state index is 12.5. The summed E-state index contributed by atoms with van der Waals surface area (Å²) in [7, 11) is 1.11. The highest BCUT2D eigenvalue weighted by atomic mass is 32.2. The van der Waals surface area contributed by atoms with E-state index in [2.05, 4.69) is 4.74 Å². The van der Waals surface area contributed by atoms with E-state index >= 15 is 0 Å². The average molecular weight is 415 g/mol. The fourth-order valence-electron chi connectivity index (χ4n) is 2.59. The summed E-state index contributed by atoms with van der Waals surface area (Å²) < 4.78 is 64.6. The van der Waals surface area contributed by atoms with Gasteiger partial charge in [-0.25, -0.2) is 8.42 Å². The summed E-state index contributed by atoms with van der Waals surface area (Å²) in [5, 5.41) is 0. The lowest BCUT2D eigenvalue weighted by Crippen LogP contribution is -2.25. The molecular weight excluding hydrogens is 392 g/mol. The van der Waals surface area contributed by atoms with Crippen LogP contribution in [0.1, 0.15) is 5.56 Å². The van der Waals surface area contributed by atoms with Crippen LogP contribution in [0.3, 0.4) is 0 Å². The van der Waals surface area contributed by atoms with Crippen LogP contribution in [0.5, 0.6) is 17.2 Å². The van der Waals surface area contributed by atoms with Crippen molar-refractivity contribution in [1.82, 2.24) is 4.90 Å². The minimum atomic E-state index is -3.48. The van der Waals surface area contributed by atoms with Gasteiger partial charge in [0.2, 0.25) is 0 Å². The molecular formula is C19H23F2NO5S. The predicted octanol–water partition coefficient (Wildman–Crippen LogP) is 3.21. The molecule has 0 heterocycles. The highest BCUT2D eigenvalue weighted by Gasteiger charge is 2.17. The summed E-state index contributed by atoms with van der Waals surface area (Å²) >= 11 is 0. The molecule has 2 rings (SSSR count). The molecule has 0 aliphatic rings. The highest BCUT2D eigenvalue weighted by molar-refractivity contribution is 7.91. The molecule has 0 saturated heterocycles. The van der Waals surface area contributed by atoms with Crippen molar-refractivity contribution in [3.63, 3.8) is 0 Å². The highest BCUT2D eigenvalue weighted by Crippen LogP contribution is 2.30. The fourth-order valence-corrected chi connectivity index (χ4v) is 3.96. The van der Waals surface area contributed by atoms with Gasteiger partial charge in [0.1, 0.15) is 5.75 Å². The van der Waals surface area contributed by atoms with Crippen molar-refractivity contribution in [2.45, 2.75) is 18.1 Å². The number of halogens is 2. The van der Waals surface area contributed by atoms with Gasteiger partial charge in [-0.3, -0.25) is 0 Å². The summed E-state index contributed by atoms with van der Waals surface area (Å²) in [6, 6.07) is 11.0. The molecule has 0 spiro atoms. The zero-order chi connectivity index (χ0) is 20.7. The van der Waals surface area contributed by atoms with Gasteiger partial charge in [-0.05, 0) is 42.9 Å². The largest absolute Gasteiger partial charge is 0.497 e. The van der Waals surface area contributed by atoms with Crippen LogP contribution >= 0.6 is 0 Å². The number of alkyl halides is 2. The maximum Gasteiger partial charge on any atom is 0.387 e. The number of hydrogen-bond acceptors (Lipinski definition) is 6. The molecule has 28 heavy (non-hydrogen) atoms. The molecule has 0 aromatic heterocycles. The van der Waals surface area contributed by atoms with Crippen LogP contribution in [-0.2, 0) is 16.4 Å². The predicted molar refractivity (Wildman–Crippen MR) is 101 cm³/mol. The molecule has 0 bridgehead atoms. The Labute approximate surface area is 163 Å². The Hall–Kier alpha value is -2.39. The molecule has 0 amide bonds. The summed E-state index contributed by atoms with van der Waals surface area (Å²) in [5.74, 6) is 0.520. The molecule has 2 aromatic rings. The van der Waals surface area contributed by atoms with E-state index in [0.717, 1.165) is 0 Å². The van der Waals surface area contributed by atoms with Gasteiger partial charge in [-0.2, -0.15) is 8.78 Å². The lowest BCUT2D eigenvalue weighted by Gasteiger charge is -2.18. The minimum Gasteiger partial charge on any atom is -0.497 e. The second kappa shape index (κ2) is 9.70. The molecule has 2 aromatic carbocycles. The number of methoxy groups -OCH3 is 2. The molecule has 0 radical (unpaired) electrons. The summed E-state index contributed by atoms with van der Waals surface area (Å²) in [6.07, 6.45) is 0. The quantitative estimate of drug-likeness (QED) is 0.594. The number of sulfone groups is 1. The van der Waals surface area contributed by atoms with Gasteiger partial charge in [0.05, 0.1) is 24.9 Å². The Kier molecular flexibility index (Phi) is 7.59. The van der Waals surface area contributed by atoms with E-state index in [1.54, 1.807) is 30.1 Å². The van der Waals surface area contributed by atoms with Gasteiger partial charge in [0, 0.05) is 13.1 Å². The van der Waals surface area contributed by atoms with E-state index in [0.29, 0.717) is 17.9 Å². The van der Waals surface area contributed by atoms with Crippen molar-refractivity contribution in [1.29, 1.82) is 0 Å². The molecule has 0 atom stereocenters. The fraction of sp³-hybridized carbons (Fsp3) is 0.368. The van der Waals surface area contributed by atoms with E-state index < -0.39 is 16.4 Å². The summed E-state index contributed by atoms with van der Waals surface area (Å²) in [5.41, 5.74) is 0.692. The van der Waals surface area contributed by atoms with Crippen LogP contribution in [0.25, 0.3) is 0 Å².